The van der Waals surface area contributed by atoms with Gasteiger partial charge in [-0.3, -0.25) is 0 Å². The van der Waals surface area contributed by atoms with Gasteiger partial charge >= 0.3 is 5.97 Å². The highest BCUT2D eigenvalue weighted by atomic mass is 32.1. The van der Waals surface area contributed by atoms with Gasteiger partial charge in [0, 0.05) is 11.1 Å². The Kier molecular flexibility index (Phi) is 2.79. The van der Waals surface area contributed by atoms with Crippen molar-refractivity contribution in [2.24, 2.45) is 0 Å². The summed E-state index contributed by atoms with van der Waals surface area (Å²) >= 11 is 1.59. The maximum absolute atomic E-state index is 11.1. The van der Waals surface area contributed by atoms with Crippen molar-refractivity contribution in [1.82, 2.24) is 14.5 Å². The largest absolute Gasteiger partial charge is 0.478 e. The van der Waals surface area contributed by atoms with Crippen LogP contribution in [0, 0.1) is 6.92 Å². The van der Waals surface area contributed by atoms with Gasteiger partial charge in [0.05, 0.1) is 24.0 Å². The van der Waals surface area contributed by atoms with E-state index in [2.05, 4.69) is 9.97 Å². The molecule has 0 unspecified atom stereocenters. The van der Waals surface area contributed by atoms with Gasteiger partial charge < -0.3 is 9.67 Å². The van der Waals surface area contributed by atoms with E-state index in [1.54, 1.807) is 29.8 Å². The van der Waals surface area contributed by atoms with Gasteiger partial charge in [-0.2, -0.15) is 0 Å². The van der Waals surface area contributed by atoms with Gasteiger partial charge in [0.2, 0.25) is 0 Å². The summed E-state index contributed by atoms with van der Waals surface area (Å²) < 4.78 is 1.92. The molecule has 0 amide bonds. The van der Waals surface area contributed by atoms with Gasteiger partial charge in [0.15, 0.2) is 0 Å². The van der Waals surface area contributed by atoms with E-state index in [-0.39, 0.29) is 5.56 Å². The molecule has 0 saturated carbocycles. The topological polar surface area (TPSA) is 68.0 Å². The Hall–Kier alpha value is -2.21. The first-order valence-electron chi connectivity index (χ1n) is 5.73. The third kappa shape index (κ3) is 2.10. The smallest absolute Gasteiger partial charge is 0.337 e. The zero-order valence-corrected chi connectivity index (χ0v) is 11.0. The van der Waals surface area contributed by atoms with Crippen LogP contribution < -0.4 is 0 Å². The van der Waals surface area contributed by atoms with Crippen LogP contribution in [0.5, 0.6) is 0 Å². The number of fused-ring (bicyclic) bond motifs is 1. The Labute approximate surface area is 113 Å². The number of aromatic carboxylic acids is 1. The standard InChI is InChI=1S/C13H11N3O2S/c1-8-6-19-11(15-8)5-16-7-14-12-9(13(17)18)3-2-4-10(12)16/h2-4,6-7H,5H2,1H3,(H,17,18). The normalized spacial score (nSPS) is 11.0. The molecular formula is C13H11N3O2S. The van der Waals surface area contributed by atoms with Gasteiger partial charge in [-0.05, 0) is 19.1 Å². The Morgan fingerprint density at radius 2 is 2.32 bits per heavy atom. The number of carboxylic acid groups (broad SMARTS) is 1. The second-order valence-electron chi connectivity index (χ2n) is 4.23. The van der Waals surface area contributed by atoms with Crippen LogP contribution in [0.4, 0.5) is 0 Å². The van der Waals surface area contributed by atoms with Gasteiger partial charge in [-0.1, -0.05) is 6.07 Å². The molecule has 0 atom stereocenters. The second-order valence-corrected chi connectivity index (χ2v) is 5.18. The first-order chi connectivity index (χ1) is 9.15. The first-order valence-corrected chi connectivity index (χ1v) is 6.61. The molecule has 0 saturated heterocycles. The minimum atomic E-state index is -0.957. The average molecular weight is 273 g/mol. The zero-order chi connectivity index (χ0) is 13.4. The maximum atomic E-state index is 11.1. The Balaban J connectivity index is 2.06. The molecule has 2 heterocycles. The van der Waals surface area contributed by atoms with E-state index in [0.29, 0.717) is 12.1 Å². The predicted octanol–water partition coefficient (Wildman–Crippen LogP) is 2.55. The highest BCUT2D eigenvalue weighted by Gasteiger charge is 2.12. The van der Waals surface area contributed by atoms with Crippen LogP contribution >= 0.6 is 11.3 Å². The molecule has 0 bridgehead atoms. The van der Waals surface area contributed by atoms with Crippen molar-refractivity contribution in [3.8, 4) is 0 Å². The summed E-state index contributed by atoms with van der Waals surface area (Å²) in [6, 6.07) is 5.17. The fraction of sp³-hybridized carbons (Fsp3) is 0.154. The molecule has 1 aromatic carbocycles. The molecule has 0 aliphatic carbocycles. The predicted molar refractivity (Wildman–Crippen MR) is 72.6 cm³/mol. The number of hydrogen-bond acceptors (Lipinski definition) is 4. The fourth-order valence-corrected chi connectivity index (χ4v) is 2.78. The lowest BCUT2D eigenvalue weighted by Gasteiger charge is -2.01. The number of nitrogens with zero attached hydrogens (tertiary/aromatic N) is 3. The van der Waals surface area contributed by atoms with Crippen molar-refractivity contribution in [2.45, 2.75) is 13.5 Å². The summed E-state index contributed by atoms with van der Waals surface area (Å²) in [5.41, 5.74) is 2.55. The number of para-hydroxylation sites is 1. The highest BCUT2D eigenvalue weighted by Crippen LogP contribution is 2.19. The molecule has 1 N–H and O–H groups in total. The number of aryl methyl sites for hydroxylation is 1. The van der Waals surface area contributed by atoms with Gasteiger partial charge in [-0.25, -0.2) is 14.8 Å². The number of rotatable bonds is 3. The fourth-order valence-electron chi connectivity index (χ4n) is 2.01. The van der Waals surface area contributed by atoms with E-state index in [0.717, 1.165) is 16.2 Å². The van der Waals surface area contributed by atoms with E-state index in [1.807, 2.05) is 22.9 Å². The summed E-state index contributed by atoms with van der Waals surface area (Å²) in [5.74, 6) is -0.957. The molecule has 0 spiro atoms. The number of hydrogen-bond donors (Lipinski definition) is 1. The minimum absolute atomic E-state index is 0.228. The molecule has 0 fully saturated rings. The van der Waals surface area contributed by atoms with Crippen LogP contribution in [-0.2, 0) is 6.54 Å². The number of imidazole rings is 1. The van der Waals surface area contributed by atoms with Gasteiger partial charge in [-0.15, -0.1) is 11.3 Å². The van der Waals surface area contributed by atoms with Crippen LogP contribution in [0.1, 0.15) is 21.1 Å². The molecule has 2 aromatic heterocycles. The quantitative estimate of drug-likeness (QED) is 0.796. The number of carboxylic acids is 1. The summed E-state index contributed by atoms with van der Waals surface area (Å²) in [4.78, 5) is 19.7. The maximum Gasteiger partial charge on any atom is 0.337 e. The molecule has 3 aromatic rings. The van der Waals surface area contributed by atoms with Crippen LogP contribution in [0.3, 0.4) is 0 Å². The number of benzene rings is 1. The van der Waals surface area contributed by atoms with E-state index in [1.165, 1.54) is 0 Å². The lowest BCUT2D eigenvalue weighted by molar-refractivity contribution is 0.0699. The summed E-state index contributed by atoms with van der Waals surface area (Å²) in [6.07, 6.45) is 1.66. The lowest BCUT2D eigenvalue weighted by atomic mass is 10.2. The van der Waals surface area contributed by atoms with Gasteiger partial charge in [0.25, 0.3) is 0 Å². The third-order valence-electron chi connectivity index (χ3n) is 2.85. The number of thiazole rings is 1. The molecule has 0 radical (unpaired) electrons. The van der Waals surface area contributed by atoms with Crippen molar-refractivity contribution in [3.05, 3.63) is 46.2 Å². The van der Waals surface area contributed by atoms with Crippen LogP contribution in [0.2, 0.25) is 0 Å². The van der Waals surface area contributed by atoms with Crippen molar-refractivity contribution >= 4 is 28.3 Å². The highest BCUT2D eigenvalue weighted by molar-refractivity contribution is 7.09. The van der Waals surface area contributed by atoms with Gasteiger partial charge in [0.1, 0.15) is 10.5 Å². The van der Waals surface area contributed by atoms with E-state index < -0.39 is 5.97 Å². The third-order valence-corrected chi connectivity index (χ3v) is 3.80. The van der Waals surface area contributed by atoms with Crippen molar-refractivity contribution in [2.75, 3.05) is 0 Å². The average Bonchev–Trinajstić information content (AvgIpc) is 2.97. The summed E-state index contributed by atoms with van der Waals surface area (Å²) in [5, 5.41) is 12.1. The molecule has 0 aliphatic rings. The molecule has 3 rings (SSSR count). The molecular weight excluding hydrogens is 262 g/mol. The van der Waals surface area contributed by atoms with Crippen LogP contribution in [-0.4, -0.2) is 25.6 Å². The SMILES string of the molecule is Cc1csc(Cn2cnc3c(C(=O)O)cccc32)n1. The molecule has 5 nitrogen and oxygen atoms in total. The van der Waals surface area contributed by atoms with Crippen molar-refractivity contribution in [1.29, 1.82) is 0 Å². The number of carbonyl (C=O) groups is 1. The molecule has 6 heteroatoms. The van der Waals surface area contributed by atoms with E-state index in [4.69, 9.17) is 5.11 Å². The Morgan fingerprint density at radius 1 is 1.47 bits per heavy atom. The first kappa shape index (κ1) is 11.9. The molecule has 96 valence electrons. The van der Waals surface area contributed by atoms with E-state index in [9.17, 15) is 4.79 Å². The van der Waals surface area contributed by atoms with Crippen LogP contribution in [0.25, 0.3) is 11.0 Å². The second kappa shape index (κ2) is 4.47. The Bertz CT molecular complexity index is 760. The summed E-state index contributed by atoms with van der Waals surface area (Å²) in [6.45, 7) is 2.56. The van der Waals surface area contributed by atoms with Crippen LogP contribution in [0.15, 0.2) is 29.9 Å². The Morgan fingerprint density at radius 3 is 3.00 bits per heavy atom. The monoisotopic (exact) mass is 273 g/mol. The zero-order valence-electron chi connectivity index (χ0n) is 10.2. The molecule has 0 aliphatic heterocycles. The lowest BCUT2D eigenvalue weighted by Crippen LogP contribution is -1.99. The molecule has 19 heavy (non-hydrogen) atoms. The van der Waals surface area contributed by atoms with Crippen molar-refractivity contribution < 1.29 is 9.90 Å². The van der Waals surface area contributed by atoms with Crippen molar-refractivity contribution in [3.63, 3.8) is 0 Å². The number of aromatic nitrogens is 3. The van der Waals surface area contributed by atoms with E-state index >= 15 is 0 Å². The summed E-state index contributed by atoms with van der Waals surface area (Å²) in [7, 11) is 0. The minimum Gasteiger partial charge on any atom is -0.478 e.